The number of carboxylic acids is 2. The third-order valence-corrected chi connectivity index (χ3v) is 2.06. The molecule has 1 heterocycles. The van der Waals surface area contributed by atoms with Crippen LogP contribution in [0.1, 0.15) is 13.8 Å². The number of hydrogen-bond donors (Lipinski definition) is 2. The highest BCUT2D eigenvalue weighted by Gasteiger charge is 2.50. The van der Waals surface area contributed by atoms with Crippen molar-refractivity contribution >= 4 is 11.9 Å². The summed E-state index contributed by atoms with van der Waals surface area (Å²) in [7, 11) is 0. The number of hydrogen-bond acceptors (Lipinski definition) is 3. The minimum absolute atomic E-state index is 0.331. The first-order chi connectivity index (χ1) is 5.88. The highest BCUT2D eigenvalue weighted by atomic mass is 16.5. The fraction of sp³-hybridized carbons (Fsp3) is 0.500. The van der Waals surface area contributed by atoms with Gasteiger partial charge in [-0.05, 0) is 19.9 Å². The molecule has 0 bridgehead atoms. The summed E-state index contributed by atoms with van der Waals surface area (Å²) in [4.78, 5) is 21.4. The van der Waals surface area contributed by atoms with Crippen LogP contribution in [-0.2, 0) is 14.3 Å². The molecule has 2 atom stereocenters. The zero-order valence-electron chi connectivity index (χ0n) is 7.27. The second kappa shape index (κ2) is 2.76. The van der Waals surface area contributed by atoms with Crippen molar-refractivity contribution < 1.29 is 24.5 Å². The van der Waals surface area contributed by atoms with Gasteiger partial charge in [-0.15, -0.1) is 0 Å². The van der Waals surface area contributed by atoms with Gasteiger partial charge in [-0.1, -0.05) is 0 Å². The predicted octanol–water partition coefficient (Wildman–Crippen LogP) is 0.465. The van der Waals surface area contributed by atoms with E-state index in [2.05, 4.69) is 0 Å². The molecule has 0 spiro atoms. The summed E-state index contributed by atoms with van der Waals surface area (Å²) in [5.74, 6) is -3.25. The van der Waals surface area contributed by atoms with E-state index in [-0.39, 0.29) is 0 Å². The summed E-state index contributed by atoms with van der Waals surface area (Å²) in [5, 5.41) is 17.5. The van der Waals surface area contributed by atoms with Gasteiger partial charge < -0.3 is 14.9 Å². The lowest BCUT2D eigenvalue weighted by Gasteiger charge is -2.23. The lowest BCUT2D eigenvalue weighted by atomic mass is 9.91. The van der Waals surface area contributed by atoms with Crippen LogP contribution in [-0.4, -0.2) is 27.8 Å². The summed E-state index contributed by atoms with van der Waals surface area (Å²) in [5.41, 5.74) is -1.67. The molecule has 0 aliphatic carbocycles. The SMILES string of the molecule is CC1=CC(C(=O)O)C(C)(C(=O)O)O1. The Labute approximate surface area is 74.6 Å². The maximum Gasteiger partial charge on any atom is 0.349 e. The molecule has 0 amide bonds. The lowest BCUT2D eigenvalue weighted by molar-refractivity contribution is -0.167. The molecule has 0 radical (unpaired) electrons. The van der Waals surface area contributed by atoms with Crippen molar-refractivity contribution in [1.82, 2.24) is 0 Å². The number of aliphatic carboxylic acids is 2. The molecule has 5 heteroatoms. The standard InChI is InChI=1S/C8H10O5/c1-4-3-5(6(9)10)8(2,13-4)7(11)12/h3,5H,1-2H3,(H,9,10)(H,11,12). The van der Waals surface area contributed by atoms with E-state index >= 15 is 0 Å². The summed E-state index contributed by atoms with van der Waals surface area (Å²) in [6.45, 7) is 2.78. The first-order valence-corrected chi connectivity index (χ1v) is 3.71. The second-order valence-corrected chi connectivity index (χ2v) is 3.11. The van der Waals surface area contributed by atoms with Gasteiger partial charge in [0.05, 0.1) is 5.76 Å². The minimum Gasteiger partial charge on any atom is -0.481 e. The topological polar surface area (TPSA) is 83.8 Å². The molecule has 0 fully saturated rings. The van der Waals surface area contributed by atoms with Crippen LogP contribution < -0.4 is 0 Å². The van der Waals surface area contributed by atoms with E-state index in [0.29, 0.717) is 5.76 Å². The average molecular weight is 186 g/mol. The Hall–Kier alpha value is -1.52. The summed E-state index contributed by atoms with van der Waals surface area (Å²) in [6.07, 6.45) is 1.30. The van der Waals surface area contributed by atoms with Gasteiger partial charge in [-0.3, -0.25) is 4.79 Å². The number of carbonyl (C=O) groups is 2. The number of rotatable bonds is 2. The van der Waals surface area contributed by atoms with Gasteiger partial charge >= 0.3 is 11.9 Å². The third kappa shape index (κ3) is 1.37. The van der Waals surface area contributed by atoms with Crippen LogP contribution in [0.15, 0.2) is 11.8 Å². The van der Waals surface area contributed by atoms with E-state index in [0.717, 1.165) is 0 Å². The van der Waals surface area contributed by atoms with Crippen molar-refractivity contribution in [3.05, 3.63) is 11.8 Å². The molecule has 1 aliphatic heterocycles. The van der Waals surface area contributed by atoms with E-state index in [9.17, 15) is 9.59 Å². The molecular weight excluding hydrogens is 176 g/mol. The van der Waals surface area contributed by atoms with Crippen LogP contribution in [0, 0.1) is 5.92 Å². The molecule has 0 aromatic rings. The van der Waals surface area contributed by atoms with E-state index in [1.807, 2.05) is 0 Å². The lowest BCUT2D eigenvalue weighted by Crippen LogP contribution is -2.44. The molecule has 0 saturated carbocycles. The highest BCUT2D eigenvalue weighted by molar-refractivity contribution is 5.87. The fourth-order valence-corrected chi connectivity index (χ4v) is 1.31. The molecule has 1 aliphatic rings. The van der Waals surface area contributed by atoms with Gasteiger partial charge in [0.25, 0.3) is 0 Å². The van der Waals surface area contributed by atoms with Crippen LogP contribution in [0.25, 0.3) is 0 Å². The van der Waals surface area contributed by atoms with Crippen LogP contribution in [0.5, 0.6) is 0 Å². The van der Waals surface area contributed by atoms with Crippen molar-refractivity contribution in [2.24, 2.45) is 5.92 Å². The first kappa shape index (κ1) is 9.57. The number of ether oxygens (including phenoxy) is 1. The number of allylic oxidation sites excluding steroid dienone is 1. The average Bonchev–Trinajstić information content (AvgIpc) is 2.27. The minimum atomic E-state index is -1.67. The Kier molecular flexibility index (Phi) is 2.03. The second-order valence-electron chi connectivity index (χ2n) is 3.11. The summed E-state index contributed by atoms with van der Waals surface area (Å²) < 4.78 is 4.96. The normalized spacial score (nSPS) is 32.2. The van der Waals surface area contributed by atoms with Crippen LogP contribution in [0.2, 0.25) is 0 Å². The monoisotopic (exact) mass is 186 g/mol. The Morgan fingerprint density at radius 2 is 2.08 bits per heavy atom. The molecule has 13 heavy (non-hydrogen) atoms. The van der Waals surface area contributed by atoms with E-state index in [4.69, 9.17) is 14.9 Å². The van der Waals surface area contributed by atoms with Crippen molar-refractivity contribution in [3.63, 3.8) is 0 Å². The van der Waals surface area contributed by atoms with Crippen LogP contribution >= 0.6 is 0 Å². The number of carboxylic acid groups (broad SMARTS) is 2. The van der Waals surface area contributed by atoms with Gasteiger partial charge in [-0.2, -0.15) is 0 Å². The van der Waals surface area contributed by atoms with E-state index in [1.165, 1.54) is 19.9 Å². The quantitative estimate of drug-likeness (QED) is 0.654. The summed E-state index contributed by atoms with van der Waals surface area (Å²) >= 11 is 0. The maximum atomic E-state index is 10.8. The van der Waals surface area contributed by atoms with Crippen molar-refractivity contribution in [1.29, 1.82) is 0 Å². The van der Waals surface area contributed by atoms with Crippen LogP contribution in [0.4, 0.5) is 0 Å². The zero-order chi connectivity index (χ0) is 10.2. The smallest absolute Gasteiger partial charge is 0.349 e. The molecule has 1 rings (SSSR count). The highest BCUT2D eigenvalue weighted by Crippen LogP contribution is 2.33. The Morgan fingerprint density at radius 3 is 2.38 bits per heavy atom. The summed E-state index contributed by atoms with van der Waals surface area (Å²) in [6, 6.07) is 0. The molecule has 2 unspecified atom stereocenters. The van der Waals surface area contributed by atoms with Crippen molar-refractivity contribution in [2.45, 2.75) is 19.4 Å². The van der Waals surface area contributed by atoms with E-state index in [1.54, 1.807) is 0 Å². The zero-order valence-corrected chi connectivity index (χ0v) is 7.27. The molecule has 5 nitrogen and oxygen atoms in total. The van der Waals surface area contributed by atoms with Gasteiger partial charge in [0, 0.05) is 0 Å². The van der Waals surface area contributed by atoms with Crippen LogP contribution in [0.3, 0.4) is 0 Å². The molecule has 72 valence electrons. The predicted molar refractivity (Wildman–Crippen MR) is 42.0 cm³/mol. The molecule has 0 saturated heterocycles. The van der Waals surface area contributed by atoms with Gasteiger partial charge in [0.2, 0.25) is 5.60 Å². The van der Waals surface area contributed by atoms with Crippen molar-refractivity contribution in [3.8, 4) is 0 Å². The maximum absolute atomic E-state index is 10.8. The molecule has 0 aromatic heterocycles. The Bertz CT molecular complexity index is 293. The van der Waals surface area contributed by atoms with E-state index < -0.39 is 23.5 Å². The van der Waals surface area contributed by atoms with Gasteiger partial charge in [0.15, 0.2) is 0 Å². The molecular formula is C8H10O5. The fourth-order valence-electron chi connectivity index (χ4n) is 1.31. The van der Waals surface area contributed by atoms with Gasteiger partial charge in [-0.25, -0.2) is 4.79 Å². The van der Waals surface area contributed by atoms with Gasteiger partial charge in [0.1, 0.15) is 5.92 Å². The molecule has 0 aromatic carbocycles. The Morgan fingerprint density at radius 1 is 1.54 bits per heavy atom. The first-order valence-electron chi connectivity index (χ1n) is 3.71. The molecule has 2 N–H and O–H groups in total. The Balaban J connectivity index is 3.03. The third-order valence-electron chi connectivity index (χ3n) is 2.06. The van der Waals surface area contributed by atoms with Crippen molar-refractivity contribution in [2.75, 3.05) is 0 Å². The largest absolute Gasteiger partial charge is 0.481 e.